The highest BCUT2D eigenvalue weighted by atomic mass is 32.1. The van der Waals surface area contributed by atoms with Gasteiger partial charge in [-0.2, -0.15) is 16.8 Å². The molecule has 1 aliphatic rings. The van der Waals surface area contributed by atoms with Crippen molar-refractivity contribution < 1.29 is 21.6 Å². The molecular formula is C26H34N6O5S2. The summed E-state index contributed by atoms with van der Waals surface area (Å²) in [5.74, 6) is 0. The number of pyridine rings is 1. The van der Waals surface area contributed by atoms with E-state index in [1.807, 2.05) is 39.2 Å². The molecule has 0 aliphatic carbocycles. The van der Waals surface area contributed by atoms with Crippen LogP contribution in [0.5, 0.6) is 0 Å². The number of nitrogens with zero attached hydrogens (tertiary/aromatic N) is 5. The highest BCUT2D eigenvalue weighted by Gasteiger charge is 2.21. The number of rotatable bonds is 6. The molecule has 3 aromatic heterocycles. The molecule has 4 rings (SSSR count). The van der Waals surface area contributed by atoms with Crippen molar-refractivity contribution in [1.29, 1.82) is 0 Å². The van der Waals surface area contributed by atoms with E-state index in [1.54, 1.807) is 18.6 Å². The molecule has 11 nitrogen and oxygen atoms in total. The molecule has 0 bridgehead atoms. The number of ether oxygens (including phenoxy) is 1. The first-order valence-corrected chi connectivity index (χ1v) is 13.7. The number of hydrogen-bond acceptors (Lipinski definition) is 11. The lowest BCUT2D eigenvalue weighted by Gasteiger charge is -2.28. The topological polar surface area (TPSA) is 154 Å². The maximum Gasteiger partial charge on any atom is 0.335 e. The van der Waals surface area contributed by atoms with Gasteiger partial charge >= 0.3 is 23.1 Å². The number of aryl methyl sites for hydroxylation is 3. The Morgan fingerprint density at radius 2 is 1.44 bits per heavy atom. The van der Waals surface area contributed by atoms with Crippen LogP contribution in [0.3, 0.4) is 0 Å². The average molecular weight is 575 g/mol. The first-order valence-electron chi connectivity index (χ1n) is 12.3. The number of hydrogen-bond donors (Lipinski definition) is 1. The smallest absolute Gasteiger partial charge is 0.335 e. The lowest BCUT2D eigenvalue weighted by Crippen LogP contribution is -2.35. The Morgan fingerprint density at radius 3 is 1.92 bits per heavy atom. The van der Waals surface area contributed by atoms with Crippen molar-refractivity contribution in [3.63, 3.8) is 0 Å². The fourth-order valence-corrected chi connectivity index (χ4v) is 3.69. The van der Waals surface area contributed by atoms with Gasteiger partial charge in [-0.15, -0.1) is 0 Å². The minimum Gasteiger partial charge on any atom is -0.359 e. The molecule has 0 aromatic carbocycles. The van der Waals surface area contributed by atoms with Crippen molar-refractivity contribution in [3.8, 4) is 11.4 Å². The highest BCUT2D eigenvalue weighted by molar-refractivity contribution is 7.51. The van der Waals surface area contributed by atoms with E-state index >= 15 is 0 Å². The summed E-state index contributed by atoms with van der Waals surface area (Å²) in [5.41, 5.74) is 8.28. The molecule has 1 atom stereocenters. The molecule has 0 spiro atoms. The second kappa shape index (κ2) is 19.5. The van der Waals surface area contributed by atoms with Crippen LogP contribution in [0.2, 0.25) is 0 Å². The van der Waals surface area contributed by atoms with Gasteiger partial charge in [0.25, 0.3) is 0 Å². The number of aromatic nitrogens is 5. The lowest BCUT2D eigenvalue weighted by atomic mass is 9.99. The van der Waals surface area contributed by atoms with Crippen LogP contribution in [0, 0.1) is 13.8 Å². The van der Waals surface area contributed by atoms with Crippen molar-refractivity contribution in [3.05, 3.63) is 71.3 Å². The van der Waals surface area contributed by atoms with Gasteiger partial charge in [-0.25, -0.2) is 0 Å². The van der Waals surface area contributed by atoms with Gasteiger partial charge < -0.3 is 10.1 Å². The van der Waals surface area contributed by atoms with Gasteiger partial charge in [-0.3, -0.25) is 24.9 Å². The van der Waals surface area contributed by atoms with Crippen LogP contribution in [0.15, 0.2) is 48.7 Å². The van der Waals surface area contributed by atoms with E-state index < -0.39 is 23.1 Å². The minimum absolute atomic E-state index is 0.100. The van der Waals surface area contributed by atoms with E-state index in [1.165, 1.54) is 11.1 Å². The Kier molecular flexibility index (Phi) is 16.7. The molecule has 1 unspecified atom stereocenters. The first kappa shape index (κ1) is 33.5. The molecule has 39 heavy (non-hydrogen) atoms. The van der Waals surface area contributed by atoms with E-state index in [-0.39, 0.29) is 6.23 Å². The van der Waals surface area contributed by atoms with Crippen LogP contribution in [0.1, 0.15) is 62.7 Å². The molecule has 0 fully saturated rings. The van der Waals surface area contributed by atoms with Crippen LogP contribution in [-0.4, -0.2) is 54.6 Å². The molecular weight excluding hydrogens is 540 g/mol. The fourth-order valence-electron chi connectivity index (χ4n) is 3.69. The van der Waals surface area contributed by atoms with Crippen molar-refractivity contribution >= 4 is 28.8 Å². The molecule has 4 heterocycles. The molecule has 0 saturated carbocycles. The van der Waals surface area contributed by atoms with Crippen molar-refractivity contribution in [2.24, 2.45) is 0 Å². The van der Waals surface area contributed by atoms with Gasteiger partial charge in [0.15, 0.2) is 0 Å². The Bertz CT molecular complexity index is 1230. The molecule has 0 saturated heterocycles. The third-order valence-corrected chi connectivity index (χ3v) is 5.49. The summed E-state index contributed by atoms with van der Waals surface area (Å²) >= 11 is -1.50. The van der Waals surface area contributed by atoms with Crippen molar-refractivity contribution in [1.82, 2.24) is 30.2 Å². The van der Waals surface area contributed by atoms with Crippen molar-refractivity contribution in [2.45, 2.75) is 66.5 Å². The standard InChI is InChI=1S/C14H21N3O.C12H13N3.2O2S/c1-4-11-6-7-13(18-5-2)17-14(11)12-9-15-10(3)8-16-12;1-3-10-5-4-6-13-12(10)11-8-14-9(2)7-15-11;2*1-3-2/h8-9,13,17H,4-7H2,1-3H3;4-8H,3H2,1-2H3;;. The maximum atomic E-state index is 8.29. The van der Waals surface area contributed by atoms with E-state index in [9.17, 15) is 0 Å². The van der Waals surface area contributed by atoms with Gasteiger partial charge in [-0.1, -0.05) is 19.9 Å². The van der Waals surface area contributed by atoms with E-state index in [0.29, 0.717) is 0 Å². The van der Waals surface area contributed by atoms with Gasteiger partial charge in [0.05, 0.1) is 35.2 Å². The zero-order valence-electron chi connectivity index (χ0n) is 22.7. The number of allylic oxidation sites excluding steroid dienone is 1. The normalized spacial score (nSPS) is 13.7. The van der Waals surface area contributed by atoms with Gasteiger partial charge in [0.1, 0.15) is 17.6 Å². The predicted octanol–water partition coefficient (Wildman–Crippen LogP) is 3.72. The second-order valence-corrected chi connectivity index (χ2v) is 8.32. The monoisotopic (exact) mass is 574 g/mol. The predicted molar refractivity (Wildman–Crippen MR) is 149 cm³/mol. The van der Waals surface area contributed by atoms with Crippen LogP contribution in [-0.2, 0) is 34.3 Å². The molecule has 1 N–H and O–H groups in total. The Labute approximate surface area is 236 Å². The van der Waals surface area contributed by atoms with Crippen LogP contribution in [0.4, 0.5) is 0 Å². The first-order chi connectivity index (χ1) is 18.9. The van der Waals surface area contributed by atoms with Crippen LogP contribution < -0.4 is 5.32 Å². The third kappa shape index (κ3) is 11.8. The summed E-state index contributed by atoms with van der Waals surface area (Å²) in [7, 11) is 0. The lowest BCUT2D eigenvalue weighted by molar-refractivity contribution is 0.0411. The largest absolute Gasteiger partial charge is 0.359 e. The van der Waals surface area contributed by atoms with E-state index in [0.717, 1.165) is 66.5 Å². The highest BCUT2D eigenvalue weighted by Crippen LogP contribution is 2.27. The van der Waals surface area contributed by atoms with Gasteiger partial charge in [0, 0.05) is 25.2 Å². The molecule has 1 aliphatic heterocycles. The minimum atomic E-state index is -0.750. The number of nitrogens with one attached hydrogen (secondary N) is 1. The van der Waals surface area contributed by atoms with Gasteiger partial charge in [-0.05, 0) is 63.7 Å². The summed E-state index contributed by atoms with van der Waals surface area (Å²) in [6, 6.07) is 4.02. The summed E-state index contributed by atoms with van der Waals surface area (Å²) < 4.78 is 38.8. The summed E-state index contributed by atoms with van der Waals surface area (Å²) in [5, 5.41) is 3.45. The quantitative estimate of drug-likeness (QED) is 0.458. The van der Waals surface area contributed by atoms with E-state index in [4.69, 9.17) is 21.6 Å². The SMILES string of the molecule is CCOC1CCC(CC)=C(c2cnc(C)cn2)N1.CCc1cccnc1-c1cnc(C)cn1.O=S=O.O=S=O. The Morgan fingerprint density at radius 1 is 0.846 bits per heavy atom. The van der Waals surface area contributed by atoms with Crippen LogP contribution >= 0.6 is 0 Å². The zero-order chi connectivity index (χ0) is 29.0. The van der Waals surface area contributed by atoms with Crippen molar-refractivity contribution in [2.75, 3.05) is 6.61 Å². The fraction of sp³-hybridized carbons (Fsp3) is 0.423. The Balaban J connectivity index is 0.000000328. The molecule has 0 amide bonds. The van der Waals surface area contributed by atoms with Crippen LogP contribution in [0.25, 0.3) is 17.1 Å². The third-order valence-electron chi connectivity index (χ3n) is 5.49. The molecule has 210 valence electrons. The molecule has 3 aromatic rings. The average Bonchev–Trinajstić information content (AvgIpc) is 2.95. The maximum absolute atomic E-state index is 8.29. The second-order valence-electron chi connectivity index (χ2n) is 8.05. The summed E-state index contributed by atoms with van der Waals surface area (Å²) in [6.07, 6.45) is 13.2. The molecule has 0 radical (unpaired) electrons. The summed E-state index contributed by atoms with van der Waals surface area (Å²) in [4.78, 5) is 21.7. The Hall–Kier alpha value is -3.55. The van der Waals surface area contributed by atoms with E-state index in [2.05, 4.69) is 50.2 Å². The zero-order valence-corrected chi connectivity index (χ0v) is 24.4. The molecule has 13 heteroatoms. The summed E-state index contributed by atoms with van der Waals surface area (Å²) in [6.45, 7) is 10.9. The van der Waals surface area contributed by atoms with Gasteiger partial charge in [0.2, 0.25) is 0 Å².